The molecular formula is C14H22N2O. The van der Waals surface area contributed by atoms with Crippen LogP contribution in [-0.2, 0) is 6.54 Å². The lowest BCUT2D eigenvalue weighted by atomic mass is 9.76. The van der Waals surface area contributed by atoms with E-state index in [2.05, 4.69) is 18.8 Å². The second-order valence-corrected chi connectivity index (χ2v) is 5.69. The molecule has 0 saturated heterocycles. The minimum absolute atomic E-state index is 0.337. The van der Waals surface area contributed by atoms with Crippen molar-refractivity contribution in [3.8, 4) is 5.75 Å². The van der Waals surface area contributed by atoms with Crippen LogP contribution < -0.4 is 10.5 Å². The van der Waals surface area contributed by atoms with Crippen molar-refractivity contribution in [1.29, 1.82) is 0 Å². The van der Waals surface area contributed by atoms with E-state index in [4.69, 9.17) is 10.5 Å². The number of aromatic nitrogens is 1. The molecule has 1 aromatic heterocycles. The lowest BCUT2D eigenvalue weighted by molar-refractivity contribution is 0.0848. The molecular weight excluding hydrogens is 212 g/mol. The van der Waals surface area contributed by atoms with E-state index >= 15 is 0 Å². The molecule has 1 aromatic rings. The lowest BCUT2D eigenvalue weighted by Crippen LogP contribution is -2.30. The highest BCUT2D eigenvalue weighted by Gasteiger charge is 2.29. The Hall–Kier alpha value is -1.09. The molecule has 2 rings (SSSR count). The Balaban J connectivity index is 1.95. The Kier molecular flexibility index (Phi) is 3.67. The quantitative estimate of drug-likeness (QED) is 0.874. The van der Waals surface area contributed by atoms with Crippen LogP contribution >= 0.6 is 0 Å². The van der Waals surface area contributed by atoms with Crippen LogP contribution in [0.4, 0.5) is 0 Å². The van der Waals surface area contributed by atoms with Crippen LogP contribution in [0.2, 0.25) is 0 Å². The minimum Gasteiger partial charge on any atom is -0.489 e. The standard InChI is InChI=1S/C14H22N2O/c1-14(2)7-3-4-12(8-14)17-13-6-5-11(9-15)16-10-13/h5-6,10,12H,3-4,7-9,15H2,1-2H3. The number of hydrogen-bond donors (Lipinski definition) is 1. The van der Waals surface area contributed by atoms with E-state index < -0.39 is 0 Å². The van der Waals surface area contributed by atoms with Gasteiger partial charge in [0.1, 0.15) is 5.75 Å². The van der Waals surface area contributed by atoms with E-state index in [0.717, 1.165) is 24.3 Å². The maximum absolute atomic E-state index is 5.99. The van der Waals surface area contributed by atoms with Crippen LogP contribution in [-0.4, -0.2) is 11.1 Å². The van der Waals surface area contributed by atoms with Gasteiger partial charge in [0.2, 0.25) is 0 Å². The molecule has 0 bridgehead atoms. The fraction of sp³-hybridized carbons (Fsp3) is 0.643. The average molecular weight is 234 g/mol. The Labute approximate surface area is 103 Å². The van der Waals surface area contributed by atoms with Gasteiger partial charge in [-0.25, -0.2) is 0 Å². The molecule has 1 aliphatic rings. The third-order valence-corrected chi connectivity index (χ3v) is 3.47. The fourth-order valence-corrected chi connectivity index (χ4v) is 2.52. The molecule has 0 spiro atoms. The Morgan fingerprint density at radius 1 is 1.47 bits per heavy atom. The largest absolute Gasteiger partial charge is 0.489 e. The molecule has 17 heavy (non-hydrogen) atoms. The van der Waals surface area contributed by atoms with Crippen molar-refractivity contribution in [2.45, 2.75) is 52.2 Å². The number of hydrogen-bond acceptors (Lipinski definition) is 3. The highest BCUT2D eigenvalue weighted by molar-refractivity contribution is 5.20. The van der Waals surface area contributed by atoms with Crippen LogP contribution in [0.25, 0.3) is 0 Å². The van der Waals surface area contributed by atoms with Crippen molar-refractivity contribution >= 4 is 0 Å². The number of rotatable bonds is 3. The lowest BCUT2D eigenvalue weighted by Gasteiger charge is -2.35. The molecule has 1 aliphatic carbocycles. The summed E-state index contributed by atoms with van der Waals surface area (Å²) in [6, 6.07) is 3.90. The zero-order valence-corrected chi connectivity index (χ0v) is 10.8. The summed E-state index contributed by atoms with van der Waals surface area (Å²) in [6.07, 6.45) is 6.96. The van der Waals surface area contributed by atoms with Gasteiger partial charge in [0.25, 0.3) is 0 Å². The number of pyridine rings is 1. The van der Waals surface area contributed by atoms with Gasteiger partial charge in [-0.1, -0.05) is 13.8 Å². The van der Waals surface area contributed by atoms with E-state index in [1.54, 1.807) is 6.20 Å². The Morgan fingerprint density at radius 2 is 2.29 bits per heavy atom. The second kappa shape index (κ2) is 5.05. The van der Waals surface area contributed by atoms with E-state index in [9.17, 15) is 0 Å². The van der Waals surface area contributed by atoms with Gasteiger partial charge in [-0.05, 0) is 43.2 Å². The van der Waals surface area contributed by atoms with Crippen LogP contribution in [0.1, 0.15) is 45.2 Å². The summed E-state index contributed by atoms with van der Waals surface area (Å²) < 4.78 is 5.99. The van der Waals surface area contributed by atoms with E-state index in [0.29, 0.717) is 18.1 Å². The summed E-state index contributed by atoms with van der Waals surface area (Å²) in [4.78, 5) is 4.25. The topological polar surface area (TPSA) is 48.1 Å². The third-order valence-electron chi connectivity index (χ3n) is 3.47. The van der Waals surface area contributed by atoms with Gasteiger partial charge in [0, 0.05) is 6.54 Å². The van der Waals surface area contributed by atoms with Gasteiger partial charge in [0.15, 0.2) is 0 Å². The summed E-state index contributed by atoms with van der Waals surface area (Å²) in [7, 11) is 0. The van der Waals surface area contributed by atoms with Crippen molar-refractivity contribution in [2.75, 3.05) is 0 Å². The molecule has 1 heterocycles. The predicted octanol–water partition coefficient (Wildman–Crippen LogP) is 2.89. The van der Waals surface area contributed by atoms with Gasteiger partial charge in [-0.3, -0.25) is 4.98 Å². The average Bonchev–Trinajstić information content (AvgIpc) is 2.29. The zero-order valence-electron chi connectivity index (χ0n) is 10.8. The van der Waals surface area contributed by atoms with Crippen molar-refractivity contribution < 1.29 is 4.74 Å². The SMILES string of the molecule is CC1(C)CCCC(Oc2ccc(CN)nc2)C1. The third kappa shape index (κ3) is 3.43. The molecule has 1 fully saturated rings. The molecule has 1 atom stereocenters. The monoisotopic (exact) mass is 234 g/mol. The fourth-order valence-electron chi connectivity index (χ4n) is 2.52. The first-order valence-electron chi connectivity index (χ1n) is 6.41. The van der Waals surface area contributed by atoms with E-state index in [-0.39, 0.29) is 0 Å². The molecule has 0 aromatic carbocycles. The number of nitrogens with two attached hydrogens (primary N) is 1. The summed E-state index contributed by atoms with van der Waals surface area (Å²) in [5.74, 6) is 0.866. The number of ether oxygens (including phenoxy) is 1. The van der Waals surface area contributed by atoms with Gasteiger partial charge >= 0.3 is 0 Å². The van der Waals surface area contributed by atoms with Crippen LogP contribution in [0.3, 0.4) is 0 Å². The molecule has 3 heteroatoms. The summed E-state index contributed by atoms with van der Waals surface area (Å²) in [5, 5.41) is 0. The maximum atomic E-state index is 5.99. The molecule has 0 amide bonds. The van der Waals surface area contributed by atoms with E-state index in [1.807, 2.05) is 12.1 Å². The smallest absolute Gasteiger partial charge is 0.138 e. The Morgan fingerprint density at radius 3 is 2.88 bits per heavy atom. The summed E-state index contributed by atoms with van der Waals surface area (Å²) in [6.45, 7) is 5.12. The molecule has 94 valence electrons. The first-order chi connectivity index (χ1) is 8.09. The molecule has 1 saturated carbocycles. The van der Waals surface area contributed by atoms with Crippen LogP contribution in [0.15, 0.2) is 18.3 Å². The zero-order chi connectivity index (χ0) is 12.3. The normalized spacial score (nSPS) is 23.4. The van der Waals surface area contributed by atoms with E-state index in [1.165, 1.54) is 12.8 Å². The predicted molar refractivity (Wildman–Crippen MR) is 68.8 cm³/mol. The highest BCUT2D eigenvalue weighted by atomic mass is 16.5. The Bertz CT molecular complexity index is 359. The van der Waals surface area contributed by atoms with Gasteiger partial charge in [-0.15, -0.1) is 0 Å². The maximum Gasteiger partial charge on any atom is 0.138 e. The van der Waals surface area contributed by atoms with Gasteiger partial charge < -0.3 is 10.5 Å². The molecule has 1 unspecified atom stereocenters. The molecule has 3 nitrogen and oxygen atoms in total. The van der Waals surface area contributed by atoms with Crippen LogP contribution in [0, 0.1) is 5.41 Å². The molecule has 0 aliphatic heterocycles. The summed E-state index contributed by atoms with van der Waals surface area (Å²) >= 11 is 0. The number of nitrogens with zero attached hydrogens (tertiary/aromatic N) is 1. The van der Waals surface area contributed by atoms with Crippen molar-refractivity contribution in [1.82, 2.24) is 4.98 Å². The molecule has 0 radical (unpaired) electrons. The van der Waals surface area contributed by atoms with Gasteiger partial charge in [0.05, 0.1) is 18.0 Å². The van der Waals surface area contributed by atoms with Crippen molar-refractivity contribution in [2.24, 2.45) is 11.1 Å². The second-order valence-electron chi connectivity index (χ2n) is 5.69. The first-order valence-corrected chi connectivity index (χ1v) is 6.41. The first kappa shape index (κ1) is 12.4. The van der Waals surface area contributed by atoms with Crippen molar-refractivity contribution in [3.05, 3.63) is 24.0 Å². The highest BCUT2D eigenvalue weighted by Crippen LogP contribution is 2.36. The van der Waals surface area contributed by atoms with Gasteiger partial charge in [-0.2, -0.15) is 0 Å². The van der Waals surface area contributed by atoms with Crippen molar-refractivity contribution in [3.63, 3.8) is 0 Å². The summed E-state index contributed by atoms with van der Waals surface area (Å²) in [5.41, 5.74) is 6.83. The minimum atomic E-state index is 0.337. The molecule has 2 N–H and O–H groups in total. The van der Waals surface area contributed by atoms with Crippen LogP contribution in [0.5, 0.6) is 5.75 Å².